The van der Waals surface area contributed by atoms with Gasteiger partial charge in [0.25, 0.3) is 0 Å². The van der Waals surface area contributed by atoms with Gasteiger partial charge in [-0.15, -0.1) is 10.2 Å². The van der Waals surface area contributed by atoms with Crippen LogP contribution in [0.15, 0.2) is 34.7 Å². The third-order valence-corrected chi connectivity index (χ3v) is 3.60. The fraction of sp³-hybridized carbons (Fsp3) is 0.357. The van der Waals surface area contributed by atoms with Gasteiger partial charge in [-0.25, -0.2) is 10.9 Å². The van der Waals surface area contributed by atoms with Crippen LogP contribution in [0.4, 0.5) is 0 Å². The summed E-state index contributed by atoms with van der Waals surface area (Å²) in [4.78, 5) is 12.4. The van der Waals surface area contributed by atoms with Gasteiger partial charge in [-0.05, 0) is 5.56 Å². The smallest absolute Gasteiger partial charge is 0.239 e. The number of carbonyl (C=O) groups is 1. The number of carbonyl (C=O) groups excluding carboxylic acids is 1. The van der Waals surface area contributed by atoms with Crippen LogP contribution in [-0.4, -0.2) is 28.3 Å². The summed E-state index contributed by atoms with van der Waals surface area (Å²) < 4.78 is 5.23. The van der Waals surface area contributed by atoms with Crippen LogP contribution in [0.5, 0.6) is 0 Å². The Balaban J connectivity index is 1.68. The van der Waals surface area contributed by atoms with Crippen molar-refractivity contribution in [2.75, 3.05) is 0 Å². The van der Waals surface area contributed by atoms with E-state index < -0.39 is 6.04 Å². The van der Waals surface area contributed by atoms with E-state index in [-0.39, 0.29) is 24.5 Å². The molecular formula is C14H18N6O2. The number of hydrogen-bond donors (Lipinski definition) is 4. The molecule has 0 aliphatic carbocycles. The number of aromatic nitrogens is 2. The Labute approximate surface area is 127 Å². The summed E-state index contributed by atoms with van der Waals surface area (Å²) in [6.07, 6.45) is -0.344. The maximum absolute atomic E-state index is 12.4. The molecule has 0 saturated carbocycles. The molecule has 1 aliphatic heterocycles. The Morgan fingerprint density at radius 2 is 2.09 bits per heavy atom. The molecule has 3 rings (SSSR count). The van der Waals surface area contributed by atoms with Crippen molar-refractivity contribution in [3.8, 4) is 0 Å². The first-order chi connectivity index (χ1) is 10.6. The molecule has 1 aromatic heterocycles. The van der Waals surface area contributed by atoms with Gasteiger partial charge in [0.1, 0.15) is 6.04 Å². The molecule has 1 aromatic carbocycles. The summed E-state index contributed by atoms with van der Waals surface area (Å²) in [6.45, 7) is 1.89. The largest absolute Gasteiger partial charge is 0.424 e. The lowest BCUT2D eigenvalue weighted by molar-refractivity contribution is -0.123. The van der Waals surface area contributed by atoms with E-state index >= 15 is 0 Å². The fourth-order valence-electron chi connectivity index (χ4n) is 2.56. The van der Waals surface area contributed by atoms with Crippen LogP contribution >= 0.6 is 0 Å². The fourth-order valence-corrected chi connectivity index (χ4v) is 2.56. The highest BCUT2D eigenvalue weighted by molar-refractivity contribution is 5.83. The monoisotopic (exact) mass is 302 g/mol. The van der Waals surface area contributed by atoms with Crippen LogP contribution < -0.4 is 21.9 Å². The minimum Gasteiger partial charge on any atom is -0.424 e. The molecule has 0 bridgehead atoms. The molecule has 0 spiro atoms. The van der Waals surface area contributed by atoms with E-state index in [1.165, 1.54) is 0 Å². The van der Waals surface area contributed by atoms with Crippen molar-refractivity contribution < 1.29 is 9.21 Å². The molecule has 2 aromatic rings. The maximum atomic E-state index is 12.4. The molecule has 5 N–H and O–H groups in total. The van der Waals surface area contributed by atoms with Gasteiger partial charge in [0, 0.05) is 12.8 Å². The first-order valence-corrected chi connectivity index (χ1v) is 7.03. The minimum atomic E-state index is -0.471. The Morgan fingerprint density at radius 1 is 1.32 bits per heavy atom. The van der Waals surface area contributed by atoms with Crippen LogP contribution in [0, 0.1) is 6.92 Å². The minimum absolute atomic E-state index is 0.161. The SMILES string of the molecule is Cc1nnc(CNC(=O)C2NNC(N)C2c2ccccc2)o1. The lowest BCUT2D eigenvalue weighted by Gasteiger charge is -2.20. The van der Waals surface area contributed by atoms with E-state index in [1.807, 2.05) is 30.3 Å². The van der Waals surface area contributed by atoms with E-state index in [4.69, 9.17) is 10.2 Å². The predicted octanol–water partition coefficient (Wildman–Crippen LogP) is -0.461. The molecule has 8 nitrogen and oxygen atoms in total. The topological polar surface area (TPSA) is 118 Å². The number of nitrogens with two attached hydrogens (primary N) is 1. The van der Waals surface area contributed by atoms with E-state index in [0.717, 1.165) is 5.56 Å². The normalized spacial score (nSPS) is 24.4. The lowest BCUT2D eigenvalue weighted by atomic mass is 9.90. The highest BCUT2D eigenvalue weighted by Gasteiger charge is 2.39. The van der Waals surface area contributed by atoms with Crippen LogP contribution in [0.25, 0.3) is 0 Å². The number of benzene rings is 1. The first kappa shape index (κ1) is 14.6. The van der Waals surface area contributed by atoms with Gasteiger partial charge in [-0.3, -0.25) is 4.79 Å². The van der Waals surface area contributed by atoms with Gasteiger partial charge < -0.3 is 15.5 Å². The molecule has 1 fully saturated rings. The van der Waals surface area contributed by atoms with Crippen molar-refractivity contribution >= 4 is 5.91 Å². The second-order valence-electron chi connectivity index (χ2n) is 5.16. The van der Waals surface area contributed by atoms with E-state index in [0.29, 0.717) is 11.8 Å². The zero-order valence-corrected chi connectivity index (χ0v) is 12.1. The highest BCUT2D eigenvalue weighted by Crippen LogP contribution is 2.25. The summed E-state index contributed by atoms with van der Waals surface area (Å²) in [5.74, 6) is 0.502. The average Bonchev–Trinajstić information content (AvgIpc) is 3.11. The van der Waals surface area contributed by atoms with Gasteiger partial charge in [0.05, 0.1) is 12.7 Å². The van der Waals surface area contributed by atoms with Crippen molar-refractivity contribution in [1.82, 2.24) is 26.4 Å². The van der Waals surface area contributed by atoms with Crippen LogP contribution in [0.3, 0.4) is 0 Å². The average molecular weight is 302 g/mol. The lowest BCUT2D eigenvalue weighted by Crippen LogP contribution is -2.44. The third kappa shape index (κ3) is 2.98. The number of nitrogens with zero attached hydrogens (tertiary/aromatic N) is 2. The summed E-state index contributed by atoms with van der Waals surface area (Å²) in [5.41, 5.74) is 12.9. The molecule has 3 unspecified atom stereocenters. The zero-order chi connectivity index (χ0) is 15.5. The van der Waals surface area contributed by atoms with E-state index in [1.54, 1.807) is 6.92 Å². The van der Waals surface area contributed by atoms with Crippen LogP contribution in [-0.2, 0) is 11.3 Å². The quantitative estimate of drug-likeness (QED) is 0.603. The maximum Gasteiger partial charge on any atom is 0.239 e. The molecule has 1 amide bonds. The Bertz CT molecular complexity index is 644. The molecule has 116 valence electrons. The second-order valence-corrected chi connectivity index (χ2v) is 5.16. The number of hydrogen-bond acceptors (Lipinski definition) is 7. The highest BCUT2D eigenvalue weighted by atomic mass is 16.4. The third-order valence-electron chi connectivity index (χ3n) is 3.60. The van der Waals surface area contributed by atoms with Crippen molar-refractivity contribution in [1.29, 1.82) is 0 Å². The Hall–Kier alpha value is -2.29. The molecule has 22 heavy (non-hydrogen) atoms. The number of rotatable bonds is 4. The van der Waals surface area contributed by atoms with E-state index in [2.05, 4.69) is 26.4 Å². The first-order valence-electron chi connectivity index (χ1n) is 7.03. The van der Waals surface area contributed by atoms with Crippen molar-refractivity contribution in [3.05, 3.63) is 47.7 Å². The van der Waals surface area contributed by atoms with Crippen molar-refractivity contribution in [2.45, 2.75) is 31.6 Å². The molecule has 8 heteroatoms. The number of amides is 1. The van der Waals surface area contributed by atoms with Crippen molar-refractivity contribution in [2.24, 2.45) is 5.73 Å². The number of aryl methyl sites for hydroxylation is 1. The van der Waals surface area contributed by atoms with Gasteiger partial charge in [-0.2, -0.15) is 0 Å². The number of hydrazine groups is 1. The Kier molecular flexibility index (Phi) is 4.14. The molecule has 1 aliphatic rings. The summed E-state index contributed by atoms with van der Waals surface area (Å²) >= 11 is 0. The van der Waals surface area contributed by atoms with Crippen LogP contribution in [0.1, 0.15) is 23.3 Å². The van der Waals surface area contributed by atoms with Gasteiger partial charge in [0.2, 0.25) is 17.7 Å². The summed E-state index contributed by atoms with van der Waals surface area (Å²) in [6, 6.07) is 9.23. The van der Waals surface area contributed by atoms with Crippen molar-refractivity contribution in [3.63, 3.8) is 0 Å². The van der Waals surface area contributed by atoms with Gasteiger partial charge in [0.15, 0.2) is 0 Å². The van der Waals surface area contributed by atoms with Gasteiger partial charge >= 0.3 is 0 Å². The molecular weight excluding hydrogens is 284 g/mol. The summed E-state index contributed by atoms with van der Waals surface area (Å²) in [5, 5.41) is 10.3. The predicted molar refractivity (Wildman–Crippen MR) is 78.1 cm³/mol. The molecule has 1 saturated heterocycles. The molecule has 3 atom stereocenters. The summed E-state index contributed by atoms with van der Waals surface area (Å²) in [7, 11) is 0. The number of nitrogens with one attached hydrogen (secondary N) is 3. The standard InChI is InChI=1S/C14H18N6O2/c1-8-17-18-10(22-8)7-16-14(21)12-11(13(15)20-19-12)9-5-3-2-4-6-9/h2-6,11-13,19-20H,7,15H2,1H3,(H,16,21). The van der Waals surface area contributed by atoms with Gasteiger partial charge in [-0.1, -0.05) is 30.3 Å². The molecule has 2 heterocycles. The zero-order valence-electron chi connectivity index (χ0n) is 12.1. The van der Waals surface area contributed by atoms with Crippen LogP contribution in [0.2, 0.25) is 0 Å². The Morgan fingerprint density at radius 3 is 2.77 bits per heavy atom. The molecule has 0 radical (unpaired) electrons. The second kappa shape index (κ2) is 6.22. The van der Waals surface area contributed by atoms with E-state index in [9.17, 15) is 4.79 Å².